The van der Waals surface area contributed by atoms with Gasteiger partial charge in [0.25, 0.3) is 0 Å². The summed E-state index contributed by atoms with van der Waals surface area (Å²) in [5, 5.41) is 3.26. The molecule has 0 amide bonds. The fourth-order valence-corrected chi connectivity index (χ4v) is 3.16. The van der Waals surface area contributed by atoms with E-state index in [0.29, 0.717) is 0 Å². The molecule has 1 aromatic carbocycles. The molecule has 0 unspecified atom stereocenters. The van der Waals surface area contributed by atoms with Crippen LogP contribution in [-0.4, -0.2) is 37.3 Å². The fourth-order valence-electron chi connectivity index (χ4n) is 3.16. The van der Waals surface area contributed by atoms with Gasteiger partial charge < -0.3 is 5.32 Å². The molecule has 7 heteroatoms. The lowest BCUT2D eigenvalue weighted by molar-refractivity contribution is -0.138. The van der Waals surface area contributed by atoms with Gasteiger partial charge in [-0.3, -0.25) is 4.90 Å². The number of benzene rings is 1. The van der Waals surface area contributed by atoms with Crippen LogP contribution in [0.3, 0.4) is 0 Å². The molecule has 0 saturated carbocycles. The number of piperazine rings is 1. The standard InChI is InChI=1S/C16H23F3N2.2ClH/c1-12-4-3-5-13(2)15(12)14(6-7-16(17,18)19)21-10-8-20-9-11-21;;/h3-5,14,20H,6-11H2,1-2H3;2*1H/t14-;;/m1../s1. The molecule has 1 aliphatic heterocycles. The minimum Gasteiger partial charge on any atom is -0.314 e. The summed E-state index contributed by atoms with van der Waals surface area (Å²) >= 11 is 0. The molecule has 1 N–H and O–H groups in total. The van der Waals surface area contributed by atoms with E-state index in [2.05, 4.69) is 10.2 Å². The van der Waals surface area contributed by atoms with E-state index in [0.717, 1.165) is 42.9 Å². The summed E-state index contributed by atoms with van der Waals surface area (Å²) in [4.78, 5) is 2.19. The van der Waals surface area contributed by atoms with Crippen LogP contribution in [0.2, 0.25) is 0 Å². The second-order valence-electron chi connectivity index (χ2n) is 5.76. The van der Waals surface area contributed by atoms with Crippen molar-refractivity contribution >= 4 is 24.8 Å². The van der Waals surface area contributed by atoms with Crippen LogP contribution in [0.25, 0.3) is 0 Å². The summed E-state index contributed by atoms with van der Waals surface area (Å²) in [5.41, 5.74) is 3.24. The van der Waals surface area contributed by atoms with Crippen molar-refractivity contribution in [1.82, 2.24) is 10.2 Å². The topological polar surface area (TPSA) is 15.3 Å². The average molecular weight is 373 g/mol. The van der Waals surface area contributed by atoms with Crippen molar-refractivity contribution in [2.75, 3.05) is 26.2 Å². The van der Waals surface area contributed by atoms with Gasteiger partial charge in [-0.15, -0.1) is 24.8 Å². The zero-order valence-electron chi connectivity index (χ0n) is 13.4. The normalized spacial score (nSPS) is 17.1. The first-order valence-corrected chi connectivity index (χ1v) is 7.46. The van der Waals surface area contributed by atoms with E-state index < -0.39 is 12.6 Å². The van der Waals surface area contributed by atoms with Gasteiger partial charge in [-0.2, -0.15) is 13.2 Å². The summed E-state index contributed by atoms with van der Waals surface area (Å²) in [6.07, 6.45) is -4.69. The summed E-state index contributed by atoms with van der Waals surface area (Å²) in [6, 6.07) is 5.80. The molecule has 1 saturated heterocycles. The number of hydrogen-bond donors (Lipinski definition) is 1. The average Bonchev–Trinajstić information content (AvgIpc) is 2.42. The summed E-state index contributed by atoms with van der Waals surface area (Å²) in [6.45, 7) is 7.27. The van der Waals surface area contributed by atoms with Gasteiger partial charge >= 0.3 is 6.18 Å². The van der Waals surface area contributed by atoms with Crippen LogP contribution in [0.15, 0.2) is 18.2 Å². The quantitative estimate of drug-likeness (QED) is 0.840. The van der Waals surface area contributed by atoms with E-state index in [1.54, 1.807) is 0 Å². The molecule has 0 bridgehead atoms. The van der Waals surface area contributed by atoms with Crippen molar-refractivity contribution in [3.8, 4) is 0 Å². The third-order valence-corrected chi connectivity index (χ3v) is 4.17. The number of hydrogen-bond acceptors (Lipinski definition) is 2. The zero-order valence-corrected chi connectivity index (χ0v) is 15.1. The molecular formula is C16H25Cl2F3N2. The maximum Gasteiger partial charge on any atom is 0.389 e. The van der Waals surface area contributed by atoms with Crippen LogP contribution in [0.1, 0.15) is 35.6 Å². The van der Waals surface area contributed by atoms with E-state index in [4.69, 9.17) is 0 Å². The Balaban J connectivity index is 0.00000242. The molecule has 0 spiro atoms. The zero-order chi connectivity index (χ0) is 15.5. The largest absolute Gasteiger partial charge is 0.389 e. The maximum atomic E-state index is 12.7. The number of halogens is 5. The molecular weight excluding hydrogens is 348 g/mol. The molecule has 1 atom stereocenters. The van der Waals surface area contributed by atoms with Crippen LogP contribution >= 0.6 is 24.8 Å². The SMILES string of the molecule is Cc1cccc(C)c1[C@@H](CCC(F)(F)F)N1CCNCC1.Cl.Cl. The van der Waals surface area contributed by atoms with Crippen molar-refractivity contribution in [3.63, 3.8) is 0 Å². The van der Waals surface area contributed by atoms with E-state index in [-0.39, 0.29) is 37.3 Å². The number of alkyl halides is 3. The Morgan fingerprint density at radius 1 is 1.09 bits per heavy atom. The second kappa shape index (κ2) is 9.72. The lowest BCUT2D eigenvalue weighted by Gasteiger charge is -2.37. The molecule has 2 nitrogen and oxygen atoms in total. The molecule has 134 valence electrons. The molecule has 0 aromatic heterocycles. The lowest BCUT2D eigenvalue weighted by Crippen LogP contribution is -2.45. The Morgan fingerprint density at radius 2 is 1.61 bits per heavy atom. The first kappa shape index (κ1) is 22.5. The Labute approximate surface area is 148 Å². The van der Waals surface area contributed by atoms with Gasteiger partial charge in [0.15, 0.2) is 0 Å². The molecule has 1 heterocycles. The van der Waals surface area contributed by atoms with Gasteiger partial charge in [-0.05, 0) is 37.0 Å². The Kier molecular flexibility index (Phi) is 9.51. The van der Waals surface area contributed by atoms with E-state index >= 15 is 0 Å². The number of rotatable bonds is 4. The van der Waals surface area contributed by atoms with Gasteiger partial charge in [0.1, 0.15) is 0 Å². The number of aryl methyl sites for hydroxylation is 2. The molecule has 0 aliphatic carbocycles. The van der Waals surface area contributed by atoms with Crippen LogP contribution in [0.4, 0.5) is 13.2 Å². The van der Waals surface area contributed by atoms with E-state index in [1.165, 1.54) is 0 Å². The Bertz CT molecular complexity index is 455. The maximum absolute atomic E-state index is 12.7. The van der Waals surface area contributed by atoms with E-state index in [1.807, 2.05) is 32.0 Å². The second-order valence-corrected chi connectivity index (χ2v) is 5.76. The summed E-state index contributed by atoms with van der Waals surface area (Å²) in [7, 11) is 0. The molecule has 1 aliphatic rings. The molecule has 0 radical (unpaired) electrons. The third-order valence-electron chi connectivity index (χ3n) is 4.17. The van der Waals surface area contributed by atoms with Crippen molar-refractivity contribution < 1.29 is 13.2 Å². The summed E-state index contributed by atoms with van der Waals surface area (Å²) in [5.74, 6) is 0. The van der Waals surface area contributed by atoms with Crippen molar-refractivity contribution in [3.05, 3.63) is 34.9 Å². The van der Waals surface area contributed by atoms with Crippen molar-refractivity contribution in [2.45, 2.75) is 38.9 Å². The van der Waals surface area contributed by atoms with Crippen LogP contribution in [-0.2, 0) is 0 Å². The highest BCUT2D eigenvalue weighted by Crippen LogP contribution is 2.34. The van der Waals surface area contributed by atoms with Crippen molar-refractivity contribution in [2.24, 2.45) is 0 Å². The minimum absolute atomic E-state index is 0. The third kappa shape index (κ3) is 6.49. The molecule has 1 fully saturated rings. The molecule has 2 rings (SSSR count). The highest BCUT2D eigenvalue weighted by atomic mass is 35.5. The minimum atomic E-state index is -4.09. The highest BCUT2D eigenvalue weighted by Gasteiger charge is 2.32. The number of nitrogens with one attached hydrogen (secondary N) is 1. The molecule has 1 aromatic rings. The van der Waals surface area contributed by atoms with Gasteiger partial charge in [0, 0.05) is 38.6 Å². The fraction of sp³-hybridized carbons (Fsp3) is 0.625. The van der Waals surface area contributed by atoms with Crippen LogP contribution < -0.4 is 5.32 Å². The number of nitrogens with zero attached hydrogens (tertiary/aromatic N) is 1. The first-order chi connectivity index (χ1) is 9.88. The predicted molar refractivity (Wildman–Crippen MR) is 92.9 cm³/mol. The highest BCUT2D eigenvalue weighted by molar-refractivity contribution is 5.85. The van der Waals surface area contributed by atoms with Gasteiger partial charge in [0.05, 0.1) is 0 Å². The Hall–Kier alpha value is -0.490. The van der Waals surface area contributed by atoms with Gasteiger partial charge in [-0.1, -0.05) is 18.2 Å². The smallest absolute Gasteiger partial charge is 0.314 e. The lowest BCUT2D eigenvalue weighted by atomic mass is 9.91. The van der Waals surface area contributed by atoms with E-state index in [9.17, 15) is 13.2 Å². The van der Waals surface area contributed by atoms with Gasteiger partial charge in [0.2, 0.25) is 0 Å². The molecule has 23 heavy (non-hydrogen) atoms. The Morgan fingerprint density at radius 3 is 2.09 bits per heavy atom. The van der Waals surface area contributed by atoms with Gasteiger partial charge in [-0.25, -0.2) is 0 Å². The predicted octanol–water partition coefficient (Wildman–Crippen LogP) is 4.44. The van der Waals surface area contributed by atoms with Crippen LogP contribution in [0.5, 0.6) is 0 Å². The van der Waals surface area contributed by atoms with Crippen LogP contribution in [0, 0.1) is 13.8 Å². The summed E-state index contributed by atoms with van der Waals surface area (Å²) < 4.78 is 38.0. The first-order valence-electron chi connectivity index (χ1n) is 7.46. The van der Waals surface area contributed by atoms with Crippen molar-refractivity contribution in [1.29, 1.82) is 0 Å². The monoisotopic (exact) mass is 372 g/mol.